The first-order chi connectivity index (χ1) is 19.5. The minimum atomic E-state index is -3.45. The number of rotatable bonds is 7. The van der Waals surface area contributed by atoms with E-state index in [9.17, 15) is 4.79 Å². The molecule has 5 rings (SSSR count). The van der Waals surface area contributed by atoms with Crippen LogP contribution in [0.25, 0.3) is 17.0 Å². The molecule has 0 saturated carbocycles. The second kappa shape index (κ2) is 11.3. The molecule has 0 spiro atoms. The van der Waals surface area contributed by atoms with E-state index in [-0.39, 0.29) is 23.0 Å². The molecule has 0 N–H and O–H groups in total. The fourth-order valence-electron chi connectivity index (χ4n) is 4.35. The van der Waals surface area contributed by atoms with Crippen molar-refractivity contribution in [1.82, 2.24) is 34.8 Å². The highest BCUT2D eigenvalue weighted by Crippen LogP contribution is 2.36. The third-order valence-electron chi connectivity index (χ3n) is 6.44. The molecule has 4 aromatic rings. The Morgan fingerprint density at radius 2 is 1.78 bits per heavy atom. The van der Waals surface area contributed by atoms with Crippen molar-refractivity contribution in [3.63, 3.8) is 0 Å². The number of aromatic nitrogens is 6. The van der Waals surface area contributed by atoms with Crippen LogP contribution in [0.5, 0.6) is 5.75 Å². The van der Waals surface area contributed by atoms with Gasteiger partial charge in [0, 0.05) is 24.2 Å². The highest BCUT2D eigenvalue weighted by Gasteiger charge is 2.40. The van der Waals surface area contributed by atoms with Gasteiger partial charge in [-0.3, -0.25) is 0 Å². The maximum atomic E-state index is 15.5. The third kappa shape index (κ3) is 6.73. The average molecular weight is 568 g/mol. The van der Waals surface area contributed by atoms with Crippen molar-refractivity contribution in [3.8, 4) is 17.1 Å². The number of ether oxygens (including phenoxy) is 2. The van der Waals surface area contributed by atoms with Gasteiger partial charge in [-0.05, 0) is 64.7 Å². The number of halogens is 2. The number of hydroxylamine groups is 2. The van der Waals surface area contributed by atoms with Gasteiger partial charge in [0.25, 0.3) is 0 Å². The van der Waals surface area contributed by atoms with Gasteiger partial charge in [0.1, 0.15) is 5.60 Å². The molecule has 1 aliphatic heterocycles. The number of carbonyl (C=O) groups excluding carboxylic acids is 1. The summed E-state index contributed by atoms with van der Waals surface area (Å²) >= 11 is 0. The summed E-state index contributed by atoms with van der Waals surface area (Å²) in [6.07, 6.45) is 3.88. The van der Waals surface area contributed by atoms with Crippen LogP contribution in [-0.2, 0) is 15.5 Å². The van der Waals surface area contributed by atoms with Crippen LogP contribution in [0.15, 0.2) is 48.8 Å². The predicted molar refractivity (Wildman–Crippen MR) is 143 cm³/mol. The van der Waals surface area contributed by atoms with Gasteiger partial charge in [-0.15, -0.1) is 15.3 Å². The number of benzene rings is 1. The zero-order valence-electron chi connectivity index (χ0n) is 23.3. The lowest BCUT2D eigenvalue weighted by atomic mass is 9.99. The van der Waals surface area contributed by atoms with Crippen LogP contribution in [0, 0.1) is 12.8 Å². The second-order valence-corrected chi connectivity index (χ2v) is 10.9. The predicted octanol–water partition coefficient (Wildman–Crippen LogP) is 4.99. The van der Waals surface area contributed by atoms with Gasteiger partial charge >= 0.3 is 12.1 Å². The Morgan fingerprint density at radius 3 is 2.49 bits per heavy atom. The van der Waals surface area contributed by atoms with Gasteiger partial charge < -0.3 is 14.3 Å². The van der Waals surface area contributed by atoms with Crippen molar-refractivity contribution in [1.29, 1.82) is 0 Å². The molecule has 0 unspecified atom stereocenters. The number of hydrogen-bond donors (Lipinski definition) is 0. The summed E-state index contributed by atoms with van der Waals surface area (Å²) in [6, 6.07) is 9.11. The van der Waals surface area contributed by atoms with Gasteiger partial charge in [-0.25, -0.2) is 14.8 Å². The minimum absolute atomic E-state index is 0.236. The first-order valence-corrected chi connectivity index (χ1v) is 13.3. The van der Waals surface area contributed by atoms with E-state index in [4.69, 9.17) is 14.3 Å². The van der Waals surface area contributed by atoms with Crippen molar-refractivity contribution in [3.05, 3.63) is 65.9 Å². The van der Waals surface area contributed by atoms with Crippen LogP contribution in [0.4, 0.5) is 13.6 Å². The Labute approximate surface area is 235 Å². The van der Waals surface area contributed by atoms with Gasteiger partial charge in [0.15, 0.2) is 17.2 Å². The molecule has 3 aromatic heterocycles. The summed E-state index contributed by atoms with van der Waals surface area (Å²) in [5, 5.41) is 13.3. The van der Waals surface area contributed by atoms with Crippen LogP contribution >= 0.6 is 0 Å². The summed E-state index contributed by atoms with van der Waals surface area (Å²) in [5.74, 6) is -3.01. The van der Waals surface area contributed by atoms with Crippen molar-refractivity contribution >= 4 is 11.8 Å². The third-order valence-corrected chi connectivity index (χ3v) is 6.44. The summed E-state index contributed by atoms with van der Waals surface area (Å²) in [6.45, 7) is 8.65. The Bertz CT molecular complexity index is 1510. The number of hydrogen-bond acceptors (Lipinski definition) is 10. The molecular weight excluding hydrogens is 536 g/mol. The average Bonchev–Trinajstić information content (AvgIpc) is 3.36. The van der Waals surface area contributed by atoms with E-state index in [2.05, 4.69) is 25.3 Å². The Balaban J connectivity index is 1.18. The molecule has 0 atom stereocenters. The maximum absolute atomic E-state index is 15.5. The van der Waals surface area contributed by atoms with E-state index < -0.39 is 23.5 Å². The summed E-state index contributed by atoms with van der Waals surface area (Å²) in [7, 11) is 0. The van der Waals surface area contributed by atoms with Crippen molar-refractivity contribution in [2.24, 2.45) is 5.92 Å². The van der Waals surface area contributed by atoms with Gasteiger partial charge in [0.05, 0.1) is 24.7 Å². The molecule has 1 saturated heterocycles. The highest BCUT2D eigenvalue weighted by atomic mass is 19.3. The minimum Gasteiger partial charge on any atom is -0.490 e. The largest absolute Gasteiger partial charge is 0.528 e. The van der Waals surface area contributed by atoms with Gasteiger partial charge in [-0.1, -0.05) is 18.2 Å². The number of alkyl halides is 2. The smallest absolute Gasteiger partial charge is 0.490 e. The Kier molecular flexibility index (Phi) is 7.80. The lowest BCUT2D eigenvalue weighted by Crippen LogP contribution is -2.38. The molecular formula is C28H31F2N7O4. The van der Waals surface area contributed by atoms with Gasteiger partial charge in [0.2, 0.25) is 5.82 Å². The zero-order valence-corrected chi connectivity index (χ0v) is 23.3. The fraction of sp³-hybridized carbons (Fsp3) is 0.429. The molecule has 0 amide bonds. The lowest BCUT2D eigenvalue weighted by Gasteiger charge is -2.30. The molecule has 1 fully saturated rings. The van der Waals surface area contributed by atoms with Crippen LogP contribution in [0.3, 0.4) is 0 Å². The number of nitrogens with zero attached hydrogens (tertiary/aromatic N) is 7. The van der Waals surface area contributed by atoms with Crippen LogP contribution in [0.2, 0.25) is 0 Å². The topological polar surface area (TPSA) is 117 Å². The van der Waals surface area contributed by atoms with E-state index in [1.165, 1.54) is 30.6 Å². The molecule has 1 aliphatic rings. The quantitative estimate of drug-likeness (QED) is 0.283. The molecule has 216 valence electrons. The van der Waals surface area contributed by atoms with E-state index in [0.717, 1.165) is 17.4 Å². The van der Waals surface area contributed by atoms with Crippen LogP contribution in [0.1, 0.15) is 50.7 Å². The molecule has 41 heavy (non-hydrogen) atoms. The molecule has 0 bridgehead atoms. The van der Waals surface area contributed by atoms with E-state index in [1.807, 2.05) is 0 Å². The first kappa shape index (κ1) is 28.3. The monoisotopic (exact) mass is 567 g/mol. The highest BCUT2D eigenvalue weighted by molar-refractivity contribution is 5.60. The van der Waals surface area contributed by atoms with Crippen LogP contribution in [-0.4, -0.2) is 66.3 Å². The Morgan fingerprint density at radius 1 is 1.05 bits per heavy atom. The standard InChI is InChI=1S/C28H31F2N7O4/c1-18-8-9-23-33-34-25(37(23)35-18)28(29,30)21-7-5-6-20(14-21)24-31-15-22(16-32-24)39-17-19-10-12-36(13-11-19)41-26(38)40-27(2,3)4/h5-9,14-16,19H,10-13,17H2,1-4H3. The summed E-state index contributed by atoms with van der Waals surface area (Å²) < 4.78 is 43.1. The molecule has 13 heteroatoms. The van der Waals surface area contributed by atoms with Crippen LogP contribution < -0.4 is 4.74 Å². The SMILES string of the molecule is Cc1ccc2nnc(C(F)(F)c3cccc(-c4ncc(OCC5CCN(OC(=O)OC(C)(C)C)CC5)cn4)c3)n2n1. The molecule has 0 aliphatic carbocycles. The Hall–Kier alpha value is -4.26. The molecule has 1 aromatic carbocycles. The number of aryl methyl sites for hydroxylation is 1. The molecule has 0 radical (unpaired) electrons. The normalized spacial score (nSPS) is 15.2. The van der Waals surface area contributed by atoms with Gasteiger partial charge in [-0.2, -0.15) is 18.4 Å². The summed E-state index contributed by atoms with van der Waals surface area (Å²) in [4.78, 5) is 25.8. The number of fused-ring (bicyclic) bond motifs is 1. The maximum Gasteiger partial charge on any atom is 0.528 e. The molecule has 4 heterocycles. The van der Waals surface area contributed by atoms with Crippen molar-refractivity contribution in [2.75, 3.05) is 19.7 Å². The lowest BCUT2D eigenvalue weighted by molar-refractivity contribution is -0.156. The van der Waals surface area contributed by atoms with E-state index in [0.29, 0.717) is 36.7 Å². The zero-order chi connectivity index (χ0) is 29.2. The first-order valence-electron chi connectivity index (χ1n) is 13.3. The van der Waals surface area contributed by atoms with Crippen molar-refractivity contribution < 1.29 is 27.9 Å². The number of piperidine rings is 1. The van der Waals surface area contributed by atoms with E-state index >= 15 is 8.78 Å². The summed E-state index contributed by atoms with van der Waals surface area (Å²) in [5.41, 5.74) is 0.332. The number of carbonyl (C=O) groups is 1. The molecule has 11 nitrogen and oxygen atoms in total. The van der Waals surface area contributed by atoms with E-state index in [1.54, 1.807) is 51.0 Å². The fourth-order valence-corrected chi connectivity index (χ4v) is 4.35. The van der Waals surface area contributed by atoms with Crippen molar-refractivity contribution in [2.45, 2.75) is 52.1 Å². The second-order valence-electron chi connectivity index (χ2n) is 10.9.